The molecule has 0 atom stereocenters. The van der Waals surface area contributed by atoms with E-state index < -0.39 is 10.0 Å². The van der Waals surface area contributed by atoms with E-state index in [2.05, 4.69) is 9.71 Å². The molecule has 2 aromatic heterocycles. The number of carbonyl (C=O) groups is 1. The number of thiazole rings is 1. The van der Waals surface area contributed by atoms with Crippen LogP contribution in [0.5, 0.6) is 0 Å². The first kappa shape index (κ1) is 18.4. The number of sulfonamides is 1. The van der Waals surface area contributed by atoms with E-state index in [1.165, 1.54) is 23.6 Å². The third-order valence-corrected chi connectivity index (χ3v) is 6.52. The fourth-order valence-electron chi connectivity index (χ4n) is 2.97. The molecule has 4 rings (SSSR count). The number of nitrogens with zero attached hydrogens (tertiary/aromatic N) is 2. The lowest BCUT2D eigenvalue weighted by Crippen LogP contribution is -2.13. The van der Waals surface area contributed by atoms with Gasteiger partial charge in [-0.25, -0.2) is 13.4 Å². The molecule has 1 N–H and O–H groups in total. The van der Waals surface area contributed by atoms with Crippen molar-refractivity contribution >= 4 is 43.3 Å². The lowest BCUT2D eigenvalue weighted by Gasteiger charge is -2.07. The molecular weight excluding hydrogens is 394 g/mol. The van der Waals surface area contributed by atoms with E-state index in [4.69, 9.17) is 0 Å². The molecule has 0 aliphatic rings. The van der Waals surface area contributed by atoms with Gasteiger partial charge in [-0.3, -0.25) is 14.1 Å². The molecule has 0 saturated carbocycles. The van der Waals surface area contributed by atoms with Crippen LogP contribution >= 0.6 is 11.3 Å². The predicted octanol–water partition coefficient (Wildman–Crippen LogP) is 4.17. The van der Waals surface area contributed by atoms with Gasteiger partial charge in [0, 0.05) is 29.6 Å². The number of anilines is 1. The summed E-state index contributed by atoms with van der Waals surface area (Å²) in [5.41, 5.74) is 1.79. The molecule has 0 radical (unpaired) electrons. The fourth-order valence-corrected chi connectivity index (χ4v) is 4.79. The van der Waals surface area contributed by atoms with Gasteiger partial charge in [0.25, 0.3) is 10.0 Å². The van der Waals surface area contributed by atoms with Crippen LogP contribution in [0.4, 0.5) is 5.13 Å². The maximum atomic E-state index is 12.6. The smallest absolute Gasteiger partial charge is 0.263 e. The normalized spacial score (nSPS) is 11.6. The highest BCUT2D eigenvalue weighted by atomic mass is 32.2. The average Bonchev–Trinajstić information content (AvgIpc) is 3.35. The van der Waals surface area contributed by atoms with Gasteiger partial charge in [0.2, 0.25) is 5.91 Å². The Morgan fingerprint density at radius 1 is 1.11 bits per heavy atom. The topological polar surface area (TPSA) is 81.1 Å². The van der Waals surface area contributed by atoms with Gasteiger partial charge in [0.05, 0.1) is 10.4 Å². The lowest BCUT2D eigenvalue weighted by atomic mass is 10.1. The van der Waals surface area contributed by atoms with Crippen molar-refractivity contribution in [1.82, 2.24) is 9.55 Å². The summed E-state index contributed by atoms with van der Waals surface area (Å²) in [6.45, 7) is 0. The Hall–Kier alpha value is -2.97. The molecule has 0 saturated heterocycles. The molecule has 0 fully saturated rings. The molecule has 6 nitrogen and oxygen atoms in total. The van der Waals surface area contributed by atoms with Gasteiger partial charge in [-0.05, 0) is 36.2 Å². The van der Waals surface area contributed by atoms with E-state index in [1.807, 2.05) is 30.3 Å². The van der Waals surface area contributed by atoms with Gasteiger partial charge in [0.15, 0.2) is 5.13 Å². The third kappa shape index (κ3) is 3.83. The molecule has 0 bridgehead atoms. The number of rotatable bonds is 6. The van der Waals surface area contributed by atoms with Crippen LogP contribution < -0.4 is 4.72 Å². The highest BCUT2D eigenvalue weighted by Crippen LogP contribution is 2.23. The summed E-state index contributed by atoms with van der Waals surface area (Å²) < 4.78 is 29.1. The average molecular weight is 412 g/mol. The van der Waals surface area contributed by atoms with Crippen molar-refractivity contribution in [2.75, 3.05) is 4.72 Å². The molecule has 2 heterocycles. The Bertz CT molecular complexity index is 1210. The van der Waals surface area contributed by atoms with E-state index in [-0.39, 0.29) is 10.8 Å². The van der Waals surface area contributed by atoms with E-state index in [9.17, 15) is 13.2 Å². The Morgan fingerprint density at radius 3 is 2.68 bits per heavy atom. The SMILES string of the molecule is O=C(CCc1ccccc1)n1ccc2cc(S(=O)(=O)Nc3nccs3)ccc21. The van der Waals surface area contributed by atoms with Crippen molar-refractivity contribution in [3.05, 3.63) is 77.9 Å². The molecule has 0 aliphatic heterocycles. The number of nitrogens with one attached hydrogen (secondary N) is 1. The molecule has 0 spiro atoms. The van der Waals surface area contributed by atoms with Crippen molar-refractivity contribution in [2.24, 2.45) is 0 Å². The predicted molar refractivity (Wildman–Crippen MR) is 110 cm³/mol. The van der Waals surface area contributed by atoms with E-state index in [0.717, 1.165) is 5.56 Å². The quantitative estimate of drug-likeness (QED) is 0.516. The molecule has 8 heteroatoms. The van der Waals surface area contributed by atoms with Crippen molar-refractivity contribution in [1.29, 1.82) is 0 Å². The van der Waals surface area contributed by atoms with Crippen LogP contribution in [-0.4, -0.2) is 23.9 Å². The second-order valence-corrected chi connectivity index (χ2v) is 8.81. The van der Waals surface area contributed by atoms with Crippen LogP contribution in [0, 0.1) is 0 Å². The zero-order valence-electron chi connectivity index (χ0n) is 14.8. The lowest BCUT2D eigenvalue weighted by molar-refractivity contribution is 0.0908. The first-order chi connectivity index (χ1) is 13.5. The number of carbonyl (C=O) groups excluding carboxylic acids is 1. The van der Waals surface area contributed by atoms with Gasteiger partial charge >= 0.3 is 0 Å². The van der Waals surface area contributed by atoms with Crippen molar-refractivity contribution < 1.29 is 13.2 Å². The number of hydrogen-bond donors (Lipinski definition) is 1. The van der Waals surface area contributed by atoms with Crippen LogP contribution in [-0.2, 0) is 16.4 Å². The van der Waals surface area contributed by atoms with Crippen molar-refractivity contribution in [2.45, 2.75) is 17.7 Å². The largest absolute Gasteiger partial charge is 0.287 e. The zero-order valence-corrected chi connectivity index (χ0v) is 16.4. The molecule has 28 heavy (non-hydrogen) atoms. The second kappa shape index (κ2) is 7.57. The molecule has 0 aliphatic carbocycles. The van der Waals surface area contributed by atoms with Gasteiger partial charge in [0.1, 0.15) is 0 Å². The minimum absolute atomic E-state index is 0.0321. The number of hydrogen-bond acceptors (Lipinski definition) is 5. The Labute approximate surface area is 166 Å². The zero-order chi connectivity index (χ0) is 19.6. The summed E-state index contributed by atoms with van der Waals surface area (Å²) in [4.78, 5) is 16.7. The van der Waals surface area contributed by atoms with Gasteiger partial charge in [-0.2, -0.15) is 0 Å². The molecule has 0 amide bonds. The van der Waals surface area contributed by atoms with Crippen LogP contribution in [0.1, 0.15) is 16.8 Å². The standard InChI is InChI=1S/C20H17N3O3S2/c24-19(9-6-15-4-2-1-3-5-15)23-12-10-16-14-17(7-8-18(16)23)28(25,26)22-20-21-11-13-27-20/h1-5,7-8,10-14H,6,9H2,(H,21,22). The van der Waals surface area contributed by atoms with E-state index >= 15 is 0 Å². The number of benzene rings is 2. The Kier molecular flexibility index (Phi) is 4.97. The van der Waals surface area contributed by atoms with Crippen LogP contribution in [0.15, 0.2) is 77.3 Å². The maximum Gasteiger partial charge on any atom is 0.263 e. The molecule has 142 valence electrons. The molecule has 0 unspecified atom stereocenters. The highest BCUT2D eigenvalue weighted by molar-refractivity contribution is 7.93. The third-order valence-electron chi connectivity index (χ3n) is 4.37. The fraction of sp³-hybridized carbons (Fsp3) is 0.100. The molecular formula is C20H17N3O3S2. The first-order valence-electron chi connectivity index (χ1n) is 8.63. The molecule has 2 aromatic carbocycles. The number of fused-ring (bicyclic) bond motifs is 1. The Morgan fingerprint density at radius 2 is 1.93 bits per heavy atom. The monoisotopic (exact) mass is 411 g/mol. The van der Waals surface area contributed by atoms with Crippen LogP contribution in [0.2, 0.25) is 0 Å². The summed E-state index contributed by atoms with van der Waals surface area (Å²) >= 11 is 1.21. The highest BCUT2D eigenvalue weighted by Gasteiger charge is 2.17. The summed E-state index contributed by atoms with van der Waals surface area (Å²) in [6.07, 6.45) is 4.25. The maximum absolute atomic E-state index is 12.6. The van der Waals surface area contributed by atoms with Crippen LogP contribution in [0.25, 0.3) is 10.9 Å². The summed E-state index contributed by atoms with van der Waals surface area (Å²) in [6, 6.07) is 16.3. The summed E-state index contributed by atoms with van der Waals surface area (Å²) in [5, 5.41) is 2.70. The Balaban J connectivity index is 1.55. The number of aryl methyl sites for hydroxylation is 1. The van der Waals surface area contributed by atoms with Crippen molar-refractivity contribution in [3.63, 3.8) is 0 Å². The minimum Gasteiger partial charge on any atom is -0.287 e. The van der Waals surface area contributed by atoms with Crippen molar-refractivity contribution in [3.8, 4) is 0 Å². The van der Waals surface area contributed by atoms with E-state index in [0.29, 0.717) is 28.9 Å². The summed E-state index contributed by atoms with van der Waals surface area (Å²) in [7, 11) is -3.73. The van der Waals surface area contributed by atoms with Gasteiger partial charge in [-0.1, -0.05) is 30.3 Å². The summed E-state index contributed by atoms with van der Waals surface area (Å²) in [5.74, 6) is -0.0321. The second-order valence-electron chi connectivity index (χ2n) is 6.23. The first-order valence-corrected chi connectivity index (χ1v) is 11.0. The van der Waals surface area contributed by atoms with E-state index in [1.54, 1.807) is 34.3 Å². The van der Waals surface area contributed by atoms with Crippen LogP contribution in [0.3, 0.4) is 0 Å². The van der Waals surface area contributed by atoms with Gasteiger partial charge < -0.3 is 0 Å². The molecule has 4 aromatic rings. The van der Waals surface area contributed by atoms with Gasteiger partial charge in [-0.15, -0.1) is 11.3 Å². The minimum atomic E-state index is -3.73. The number of aromatic nitrogens is 2.